The first-order chi connectivity index (χ1) is 11.1. The molecule has 1 unspecified atom stereocenters. The summed E-state index contributed by atoms with van der Waals surface area (Å²) < 4.78 is 5.69. The van der Waals surface area contributed by atoms with Gasteiger partial charge >= 0.3 is 5.97 Å². The van der Waals surface area contributed by atoms with Crippen LogP contribution in [0.3, 0.4) is 0 Å². The molecule has 1 aliphatic rings. The first-order valence-electron chi connectivity index (χ1n) is 8.52. The second-order valence-corrected chi connectivity index (χ2v) is 7.45. The molecule has 0 saturated carbocycles. The van der Waals surface area contributed by atoms with Gasteiger partial charge in [0, 0.05) is 5.56 Å². The number of aryl methyl sites for hydroxylation is 2. The molecule has 0 aromatic heterocycles. The molecule has 0 fully saturated rings. The van der Waals surface area contributed by atoms with Gasteiger partial charge in [0.15, 0.2) is 0 Å². The Morgan fingerprint density at radius 3 is 1.75 bits per heavy atom. The van der Waals surface area contributed by atoms with Crippen LogP contribution in [0.15, 0.2) is 12.1 Å². The normalized spacial score (nSPS) is 19.4. The third kappa shape index (κ3) is 1.98. The lowest BCUT2D eigenvalue weighted by atomic mass is 9.71. The summed E-state index contributed by atoms with van der Waals surface area (Å²) in [5.74, 6) is 0.539. The summed E-state index contributed by atoms with van der Waals surface area (Å²) in [7, 11) is 0. The molecule has 1 atom stereocenters. The quantitative estimate of drug-likeness (QED) is 0.541. The predicted octanol–water partition coefficient (Wildman–Crippen LogP) is 5.07. The molecule has 2 aromatic rings. The van der Waals surface area contributed by atoms with Crippen LogP contribution in [0.1, 0.15) is 57.0 Å². The molecule has 2 nitrogen and oxygen atoms in total. The molecule has 0 bridgehead atoms. The number of esters is 1. The topological polar surface area (TPSA) is 26.3 Å². The molecule has 0 N–H and O–H groups in total. The number of ether oxygens (including phenoxy) is 1. The van der Waals surface area contributed by atoms with Crippen molar-refractivity contribution in [3.05, 3.63) is 62.2 Å². The van der Waals surface area contributed by atoms with Crippen LogP contribution in [0.2, 0.25) is 0 Å². The van der Waals surface area contributed by atoms with Crippen LogP contribution < -0.4 is 4.74 Å². The number of carbonyl (C=O) groups is 1. The van der Waals surface area contributed by atoms with Crippen LogP contribution in [0, 0.1) is 48.5 Å². The van der Waals surface area contributed by atoms with Gasteiger partial charge in [-0.05, 0) is 106 Å². The number of hydrogen-bond acceptors (Lipinski definition) is 2. The van der Waals surface area contributed by atoms with E-state index in [2.05, 4.69) is 54.5 Å². The van der Waals surface area contributed by atoms with E-state index < -0.39 is 5.41 Å². The highest BCUT2D eigenvalue weighted by Crippen LogP contribution is 2.48. The average molecular weight is 322 g/mol. The maximum absolute atomic E-state index is 13.0. The van der Waals surface area contributed by atoms with E-state index in [9.17, 15) is 4.79 Å². The summed E-state index contributed by atoms with van der Waals surface area (Å²) in [6.07, 6.45) is 0. The molecule has 2 heteroatoms. The molecular weight excluding hydrogens is 296 g/mol. The van der Waals surface area contributed by atoms with Crippen molar-refractivity contribution in [3.63, 3.8) is 0 Å². The van der Waals surface area contributed by atoms with E-state index in [1.54, 1.807) is 0 Å². The van der Waals surface area contributed by atoms with Crippen molar-refractivity contribution < 1.29 is 9.53 Å². The molecule has 0 saturated heterocycles. The summed E-state index contributed by atoms with van der Waals surface area (Å²) in [6, 6.07) is 4.12. The average Bonchev–Trinajstić information content (AvgIpc) is 2.76. The Bertz CT molecular complexity index is 861. The molecule has 0 amide bonds. The van der Waals surface area contributed by atoms with Crippen molar-refractivity contribution >= 4 is 5.97 Å². The van der Waals surface area contributed by atoms with E-state index in [0.717, 1.165) is 16.7 Å². The number of rotatable bonds is 1. The second kappa shape index (κ2) is 5.20. The van der Waals surface area contributed by atoms with Gasteiger partial charge < -0.3 is 4.74 Å². The second-order valence-electron chi connectivity index (χ2n) is 7.45. The first-order valence-corrected chi connectivity index (χ1v) is 8.52. The van der Waals surface area contributed by atoms with E-state index in [4.69, 9.17) is 4.74 Å². The highest BCUT2D eigenvalue weighted by atomic mass is 16.5. The molecule has 1 aliphatic heterocycles. The van der Waals surface area contributed by atoms with E-state index in [-0.39, 0.29) is 5.97 Å². The van der Waals surface area contributed by atoms with E-state index >= 15 is 0 Å². The zero-order chi connectivity index (χ0) is 18.0. The molecule has 1 heterocycles. The van der Waals surface area contributed by atoms with Crippen molar-refractivity contribution in [3.8, 4) is 5.75 Å². The molecule has 126 valence electrons. The molecular formula is C22H26O2. The summed E-state index contributed by atoms with van der Waals surface area (Å²) >= 11 is 0. The Morgan fingerprint density at radius 1 is 0.750 bits per heavy atom. The van der Waals surface area contributed by atoms with Crippen molar-refractivity contribution in [1.29, 1.82) is 0 Å². The highest BCUT2D eigenvalue weighted by molar-refractivity contribution is 5.95. The maximum Gasteiger partial charge on any atom is 0.326 e. The van der Waals surface area contributed by atoms with Gasteiger partial charge in [-0.25, -0.2) is 0 Å². The minimum Gasteiger partial charge on any atom is -0.425 e. The van der Waals surface area contributed by atoms with Crippen molar-refractivity contribution in [2.24, 2.45) is 0 Å². The van der Waals surface area contributed by atoms with Gasteiger partial charge in [-0.15, -0.1) is 0 Å². The van der Waals surface area contributed by atoms with Gasteiger partial charge in [0.2, 0.25) is 0 Å². The number of benzene rings is 2. The fourth-order valence-corrected chi connectivity index (χ4v) is 4.06. The molecule has 24 heavy (non-hydrogen) atoms. The lowest BCUT2D eigenvalue weighted by Crippen LogP contribution is -2.34. The molecule has 3 rings (SSSR count). The zero-order valence-electron chi connectivity index (χ0n) is 16.0. The summed E-state index contributed by atoms with van der Waals surface area (Å²) in [6.45, 7) is 16.9. The molecule has 0 radical (unpaired) electrons. The van der Waals surface area contributed by atoms with Crippen molar-refractivity contribution in [2.45, 2.75) is 60.8 Å². The Balaban J connectivity index is 2.40. The van der Waals surface area contributed by atoms with Crippen LogP contribution in [0.25, 0.3) is 0 Å². The largest absolute Gasteiger partial charge is 0.425 e. The van der Waals surface area contributed by atoms with Crippen molar-refractivity contribution in [1.82, 2.24) is 0 Å². The molecule has 0 spiro atoms. The van der Waals surface area contributed by atoms with Crippen LogP contribution in [-0.2, 0) is 10.2 Å². The standard InChI is InChI=1S/C22H26O2/c1-11-9-18-19(10-12(11)2)24-21(23)22(18,8)20-16(6)14(4)13(3)15(5)17(20)7/h9-10H,1-8H3. The van der Waals surface area contributed by atoms with E-state index in [1.165, 1.54) is 33.4 Å². The highest BCUT2D eigenvalue weighted by Gasteiger charge is 2.48. The van der Waals surface area contributed by atoms with Crippen LogP contribution >= 0.6 is 0 Å². The maximum atomic E-state index is 13.0. The monoisotopic (exact) mass is 322 g/mol. The first kappa shape index (κ1) is 16.8. The number of fused-ring (bicyclic) bond motifs is 1. The lowest BCUT2D eigenvalue weighted by molar-refractivity contribution is -0.136. The van der Waals surface area contributed by atoms with Crippen LogP contribution in [0.5, 0.6) is 5.75 Å². The van der Waals surface area contributed by atoms with Gasteiger partial charge in [0.25, 0.3) is 0 Å². The minimum atomic E-state index is -0.745. The smallest absolute Gasteiger partial charge is 0.326 e. The number of carbonyl (C=O) groups excluding carboxylic acids is 1. The van der Waals surface area contributed by atoms with Crippen LogP contribution in [0.4, 0.5) is 0 Å². The fraction of sp³-hybridized carbons (Fsp3) is 0.409. The third-order valence-corrected chi connectivity index (χ3v) is 6.25. The van der Waals surface area contributed by atoms with Gasteiger partial charge in [-0.2, -0.15) is 0 Å². The predicted molar refractivity (Wildman–Crippen MR) is 98.1 cm³/mol. The Morgan fingerprint density at radius 2 is 1.21 bits per heavy atom. The Hall–Kier alpha value is -2.09. The summed E-state index contributed by atoms with van der Waals surface area (Å²) in [4.78, 5) is 13.0. The van der Waals surface area contributed by atoms with Gasteiger partial charge in [-0.3, -0.25) is 4.79 Å². The lowest BCUT2D eigenvalue weighted by Gasteiger charge is -2.29. The molecule has 2 aromatic carbocycles. The molecule has 0 aliphatic carbocycles. The Labute approximate surface area is 144 Å². The van der Waals surface area contributed by atoms with E-state index in [0.29, 0.717) is 5.75 Å². The fourth-order valence-electron chi connectivity index (χ4n) is 4.06. The van der Waals surface area contributed by atoms with Gasteiger partial charge in [0.05, 0.1) is 0 Å². The zero-order valence-corrected chi connectivity index (χ0v) is 16.0. The van der Waals surface area contributed by atoms with Gasteiger partial charge in [-0.1, -0.05) is 6.07 Å². The van der Waals surface area contributed by atoms with E-state index in [1.807, 2.05) is 13.0 Å². The van der Waals surface area contributed by atoms with Crippen molar-refractivity contribution in [2.75, 3.05) is 0 Å². The SMILES string of the molecule is Cc1cc2c(cc1C)C(C)(c1c(C)c(C)c(C)c(C)c1C)C(=O)O2. The number of hydrogen-bond donors (Lipinski definition) is 0. The summed E-state index contributed by atoms with van der Waals surface area (Å²) in [5.41, 5.74) is 9.92. The minimum absolute atomic E-state index is 0.170. The Kier molecular flexibility index (Phi) is 3.63. The third-order valence-electron chi connectivity index (χ3n) is 6.25. The van der Waals surface area contributed by atoms with Crippen LogP contribution in [-0.4, -0.2) is 5.97 Å². The van der Waals surface area contributed by atoms with Gasteiger partial charge in [0.1, 0.15) is 11.2 Å². The summed E-state index contributed by atoms with van der Waals surface area (Å²) in [5, 5.41) is 0.